The van der Waals surface area contributed by atoms with Gasteiger partial charge < -0.3 is 15.2 Å². The molecule has 1 aromatic carbocycles. The molecule has 4 nitrogen and oxygen atoms in total. The minimum atomic E-state index is -0.0802. The third-order valence-electron chi connectivity index (χ3n) is 4.02. The fourth-order valence-electron chi connectivity index (χ4n) is 2.80. The summed E-state index contributed by atoms with van der Waals surface area (Å²) in [5.74, 6) is 1.57. The molecule has 114 valence electrons. The number of hydrogen-bond acceptors (Lipinski definition) is 4. The Labute approximate surface area is 122 Å². The number of hydrogen-bond donors (Lipinski definition) is 1. The highest BCUT2D eigenvalue weighted by Crippen LogP contribution is 2.34. The van der Waals surface area contributed by atoms with E-state index in [2.05, 4.69) is 31.7 Å². The fourth-order valence-corrected chi connectivity index (χ4v) is 2.80. The predicted molar refractivity (Wildman–Crippen MR) is 83.6 cm³/mol. The van der Waals surface area contributed by atoms with Crippen molar-refractivity contribution in [3.63, 3.8) is 0 Å². The molecule has 0 amide bonds. The fraction of sp³-hybridized carbons (Fsp3) is 0.625. The number of ether oxygens (including phenoxy) is 2. The quantitative estimate of drug-likeness (QED) is 0.794. The highest BCUT2D eigenvalue weighted by atomic mass is 16.5. The van der Waals surface area contributed by atoms with Gasteiger partial charge in [-0.15, -0.1) is 0 Å². The van der Waals surface area contributed by atoms with Gasteiger partial charge in [-0.05, 0) is 38.1 Å². The molecule has 0 saturated carbocycles. The molecule has 0 fully saturated rings. The summed E-state index contributed by atoms with van der Waals surface area (Å²) in [6.45, 7) is 9.11. The van der Waals surface area contributed by atoms with Crippen molar-refractivity contribution < 1.29 is 9.47 Å². The van der Waals surface area contributed by atoms with Gasteiger partial charge in [0.15, 0.2) is 11.5 Å². The Morgan fingerprint density at radius 1 is 1.15 bits per heavy atom. The second-order valence-electron chi connectivity index (χ2n) is 5.20. The van der Waals surface area contributed by atoms with E-state index < -0.39 is 0 Å². The van der Waals surface area contributed by atoms with E-state index in [0.717, 1.165) is 36.6 Å². The number of para-hydroxylation sites is 1. The van der Waals surface area contributed by atoms with Crippen LogP contribution < -0.4 is 15.2 Å². The van der Waals surface area contributed by atoms with Gasteiger partial charge in [0.2, 0.25) is 0 Å². The molecule has 0 aliphatic carbocycles. The Hall–Kier alpha value is -1.26. The van der Waals surface area contributed by atoms with Crippen molar-refractivity contribution in [2.75, 3.05) is 33.9 Å². The van der Waals surface area contributed by atoms with Crippen molar-refractivity contribution >= 4 is 0 Å². The Balaban J connectivity index is 3.12. The first kappa shape index (κ1) is 16.8. The standard InChI is InChI=1S/C16H28N2O2/c1-6-18(7-2)16(3,12-17)11-13-9-8-10-14(19-4)15(13)20-5/h8-10H,6-7,11-12,17H2,1-5H3. The summed E-state index contributed by atoms with van der Waals surface area (Å²) in [5.41, 5.74) is 7.11. The highest BCUT2D eigenvalue weighted by molar-refractivity contribution is 5.47. The van der Waals surface area contributed by atoms with Gasteiger partial charge in [0.1, 0.15) is 0 Å². The van der Waals surface area contributed by atoms with Gasteiger partial charge in [0.05, 0.1) is 14.2 Å². The van der Waals surface area contributed by atoms with E-state index >= 15 is 0 Å². The predicted octanol–water partition coefficient (Wildman–Crippen LogP) is 2.31. The molecule has 1 aromatic rings. The van der Waals surface area contributed by atoms with E-state index in [1.54, 1.807) is 14.2 Å². The van der Waals surface area contributed by atoms with Crippen LogP contribution in [0.2, 0.25) is 0 Å². The van der Waals surface area contributed by atoms with Crippen molar-refractivity contribution in [2.45, 2.75) is 32.7 Å². The molecule has 1 atom stereocenters. The van der Waals surface area contributed by atoms with Crippen molar-refractivity contribution in [1.82, 2.24) is 4.90 Å². The minimum absolute atomic E-state index is 0.0802. The molecule has 0 heterocycles. The maximum absolute atomic E-state index is 6.06. The number of nitrogens with zero attached hydrogens (tertiary/aromatic N) is 1. The molecule has 0 aromatic heterocycles. The van der Waals surface area contributed by atoms with Gasteiger partial charge in [-0.1, -0.05) is 26.0 Å². The number of rotatable bonds is 8. The van der Waals surface area contributed by atoms with Crippen LogP contribution in [0, 0.1) is 0 Å². The SMILES string of the molecule is CCN(CC)C(C)(CN)Cc1cccc(OC)c1OC. The van der Waals surface area contributed by atoms with Gasteiger partial charge in [-0.3, -0.25) is 4.90 Å². The van der Waals surface area contributed by atoms with Gasteiger partial charge in [0.25, 0.3) is 0 Å². The average molecular weight is 280 g/mol. The Kier molecular flexibility index (Phi) is 6.30. The van der Waals surface area contributed by atoms with E-state index in [9.17, 15) is 0 Å². The lowest BCUT2D eigenvalue weighted by Gasteiger charge is -2.40. The zero-order valence-electron chi connectivity index (χ0n) is 13.4. The molecule has 2 N–H and O–H groups in total. The Morgan fingerprint density at radius 2 is 1.80 bits per heavy atom. The van der Waals surface area contributed by atoms with Gasteiger partial charge in [-0.25, -0.2) is 0 Å². The summed E-state index contributed by atoms with van der Waals surface area (Å²) in [6, 6.07) is 5.99. The molecule has 1 rings (SSSR count). The summed E-state index contributed by atoms with van der Waals surface area (Å²) in [7, 11) is 3.34. The first-order valence-corrected chi connectivity index (χ1v) is 7.21. The van der Waals surface area contributed by atoms with E-state index in [-0.39, 0.29) is 5.54 Å². The van der Waals surface area contributed by atoms with Crippen LogP contribution in [0.4, 0.5) is 0 Å². The topological polar surface area (TPSA) is 47.7 Å². The van der Waals surface area contributed by atoms with E-state index in [1.165, 1.54) is 0 Å². The van der Waals surface area contributed by atoms with Crippen LogP contribution in [0.15, 0.2) is 18.2 Å². The molecule has 0 aliphatic heterocycles. The first-order chi connectivity index (χ1) is 9.56. The maximum Gasteiger partial charge on any atom is 0.163 e. The number of likely N-dealkylation sites (N-methyl/N-ethyl adjacent to an activating group) is 1. The monoisotopic (exact) mass is 280 g/mol. The second-order valence-corrected chi connectivity index (χ2v) is 5.20. The van der Waals surface area contributed by atoms with Crippen LogP contribution in [0.1, 0.15) is 26.3 Å². The molecule has 0 spiro atoms. The molecule has 1 unspecified atom stereocenters. The summed E-state index contributed by atoms with van der Waals surface area (Å²) in [5, 5.41) is 0. The van der Waals surface area contributed by atoms with E-state index in [1.807, 2.05) is 12.1 Å². The zero-order valence-corrected chi connectivity index (χ0v) is 13.4. The maximum atomic E-state index is 6.06. The van der Waals surface area contributed by atoms with Crippen LogP contribution in [0.5, 0.6) is 11.5 Å². The van der Waals surface area contributed by atoms with Crippen molar-refractivity contribution in [1.29, 1.82) is 0 Å². The van der Waals surface area contributed by atoms with Crippen LogP contribution in [0.25, 0.3) is 0 Å². The lowest BCUT2D eigenvalue weighted by atomic mass is 9.90. The van der Waals surface area contributed by atoms with Crippen molar-refractivity contribution in [3.8, 4) is 11.5 Å². The van der Waals surface area contributed by atoms with Gasteiger partial charge in [0, 0.05) is 12.1 Å². The van der Waals surface area contributed by atoms with E-state index in [0.29, 0.717) is 6.54 Å². The number of methoxy groups -OCH3 is 2. The summed E-state index contributed by atoms with van der Waals surface area (Å²) in [4.78, 5) is 2.39. The Bertz CT molecular complexity index is 419. The molecule has 0 bridgehead atoms. The molecule has 0 radical (unpaired) electrons. The lowest BCUT2D eigenvalue weighted by molar-refractivity contribution is 0.123. The molecule has 0 aliphatic rings. The molecular weight excluding hydrogens is 252 g/mol. The van der Waals surface area contributed by atoms with Crippen LogP contribution in [-0.4, -0.2) is 44.3 Å². The van der Waals surface area contributed by atoms with Crippen molar-refractivity contribution in [3.05, 3.63) is 23.8 Å². The smallest absolute Gasteiger partial charge is 0.163 e. The van der Waals surface area contributed by atoms with Crippen LogP contribution in [0.3, 0.4) is 0 Å². The minimum Gasteiger partial charge on any atom is -0.493 e. The van der Waals surface area contributed by atoms with Gasteiger partial charge >= 0.3 is 0 Å². The van der Waals surface area contributed by atoms with Crippen molar-refractivity contribution in [2.24, 2.45) is 5.73 Å². The summed E-state index contributed by atoms with van der Waals surface area (Å²) < 4.78 is 10.9. The molecular formula is C16H28N2O2. The highest BCUT2D eigenvalue weighted by Gasteiger charge is 2.30. The average Bonchev–Trinajstić information content (AvgIpc) is 2.48. The Morgan fingerprint density at radius 3 is 2.25 bits per heavy atom. The third kappa shape index (κ3) is 3.44. The van der Waals surface area contributed by atoms with Crippen LogP contribution in [-0.2, 0) is 6.42 Å². The zero-order chi connectivity index (χ0) is 15.2. The summed E-state index contributed by atoms with van der Waals surface area (Å²) >= 11 is 0. The summed E-state index contributed by atoms with van der Waals surface area (Å²) in [6.07, 6.45) is 0.839. The van der Waals surface area contributed by atoms with Crippen LogP contribution >= 0.6 is 0 Å². The molecule has 20 heavy (non-hydrogen) atoms. The van der Waals surface area contributed by atoms with E-state index in [4.69, 9.17) is 15.2 Å². The number of nitrogens with two attached hydrogens (primary N) is 1. The lowest BCUT2D eigenvalue weighted by Crippen LogP contribution is -2.53. The largest absolute Gasteiger partial charge is 0.493 e. The second kappa shape index (κ2) is 7.50. The molecule has 0 saturated heterocycles. The van der Waals surface area contributed by atoms with Gasteiger partial charge in [-0.2, -0.15) is 0 Å². The third-order valence-corrected chi connectivity index (χ3v) is 4.02. The molecule has 4 heteroatoms. The first-order valence-electron chi connectivity index (χ1n) is 7.21. The normalized spacial score (nSPS) is 14.2. The number of benzene rings is 1.